The van der Waals surface area contributed by atoms with Gasteiger partial charge in [-0.3, -0.25) is 9.59 Å². The van der Waals surface area contributed by atoms with Crippen LogP contribution in [-0.2, 0) is 24.4 Å². The molecule has 0 saturated heterocycles. The van der Waals surface area contributed by atoms with Crippen molar-refractivity contribution in [1.82, 2.24) is 10.0 Å². The SMILES string of the molecule is CCCC[C@H](NC(=O)[C@H](CC(N)=O)NS(=O)(=O)c1ccc(OC)c(OC)c1)C(=O)O. The molecule has 0 aliphatic rings. The zero-order chi connectivity index (χ0) is 22.9. The zero-order valence-corrected chi connectivity index (χ0v) is 17.8. The Morgan fingerprint density at radius 3 is 2.27 bits per heavy atom. The Kier molecular flexibility index (Phi) is 9.53. The number of rotatable bonds is 13. The second kappa shape index (κ2) is 11.4. The number of carbonyl (C=O) groups is 3. The topological polar surface area (TPSA) is 174 Å². The fourth-order valence-electron chi connectivity index (χ4n) is 2.57. The number of aliphatic carboxylic acids is 1. The summed E-state index contributed by atoms with van der Waals surface area (Å²) in [6, 6.07) is 0.954. The molecule has 11 nitrogen and oxygen atoms in total. The molecule has 0 aliphatic heterocycles. The number of nitrogens with two attached hydrogens (primary N) is 1. The van der Waals surface area contributed by atoms with Gasteiger partial charge in [0.05, 0.1) is 25.5 Å². The number of primary amides is 1. The van der Waals surface area contributed by atoms with Gasteiger partial charge in [0.1, 0.15) is 12.1 Å². The maximum absolute atomic E-state index is 12.7. The van der Waals surface area contributed by atoms with Crippen molar-refractivity contribution in [1.29, 1.82) is 0 Å². The minimum atomic E-state index is -4.28. The molecule has 1 aromatic rings. The van der Waals surface area contributed by atoms with Gasteiger partial charge < -0.3 is 25.6 Å². The molecule has 0 saturated carbocycles. The van der Waals surface area contributed by atoms with Gasteiger partial charge in [0.25, 0.3) is 0 Å². The molecule has 0 aromatic heterocycles. The smallest absolute Gasteiger partial charge is 0.326 e. The Bertz CT molecular complexity index is 872. The average Bonchev–Trinajstić information content (AvgIpc) is 2.68. The minimum Gasteiger partial charge on any atom is -0.493 e. The van der Waals surface area contributed by atoms with Crippen LogP contribution in [0.25, 0.3) is 0 Å². The van der Waals surface area contributed by atoms with E-state index in [2.05, 4.69) is 10.0 Å². The lowest BCUT2D eigenvalue weighted by Crippen LogP contribution is -2.52. The number of carboxylic acid groups (broad SMARTS) is 1. The number of sulfonamides is 1. The number of ether oxygens (including phenoxy) is 2. The summed E-state index contributed by atoms with van der Waals surface area (Å²) < 4.78 is 37.7. The van der Waals surface area contributed by atoms with E-state index in [9.17, 15) is 27.9 Å². The van der Waals surface area contributed by atoms with Crippen LogP contribution in [0.5, 0.6) is 11.5 Å². The summed E-state index contributed by atoms with van der Waals surface area (Å²) in [6.07, 6.45) is 0.743. The summed E-state index contributed by atoms with van der Waals surface area (Å²) >= 11 is 0. The molecule has 0 aliphatic carbocycles. The van der Waals surface area contributed by atoms with Crippen molar-refractivity contribution >= 4 is 27.8 Å². The molecule has 2 atom stereocenters. The highest BCUT2D eigenvalue weighted by Gasteiger charge is 2.30. The molecule has 12 heteroatoms. The number of amides is 2. The first-order valence-corrected chi connectivity index (χ1v) is 10.6. The van der Waals surface area contributed by atoms with Crippen LogP contribution in [-0.4, -0.2) is 57.6 Å². The summed E-state index contributed by atoms with van der Waals surface area (Å²) in [5.74, 6) is -2.74. The number of methoxy groups -OCH3 is 2. The largest absolute Gasteiger partial charge is 0.493 e. The summed E-state index contributed by atoms with van der Waals surface area (Å²) in [5.41, 5.74) is 5.14. The first kappa shape index (κ1) is 25.2. The average molecular weight is 445 g/mol. The van der Waals surface area contributed by atoms with E-state index in [-0.39, 0.29) is 17.1 Å². The van der Waals surface area contributed by atoms with Gasteiger partial charge in [0, 0.05) is 6.07 Å². The molecule has 1 rings (SSSR count). The van der Waals surface area contributed by atoms with E-state index in [1.54, 1.807) is 0 Å². The van der Waals surface area contributed by atoms with Crippen LogP contribution >= 0.6 is 0 Å². The van der Waals surface area contributed by atoms with Crippen molar-refractivity contribution in [2.24, 2.45) is 5.73 Å². The van der Waals surface area contributed by atoms with Gasteiger partial charge in [0.2, 0.25) is 21.8 Å². The molecule has 2 amide bonds. The Morgan fingerprint density at radius 2 is 1.77 bits per heavy atom. The van der Waals surface area contributed by atoms with E-state index in [4.69, 9.17) is 15.2 Å². The van der Waals surface area contributed by atoms with Crippen molar-refractivity contribution < 1.29 is 37.4 Å². The van der Waals surface area contributed by atoms with Gasteiger partial charge in [0.15, 0.2) is 11.5 Å². The Balaban J connectivity index is 3.12. The van der Waals surface area contributed by atoms with Crippen LogP contribution in [0.2, 0.25) is 0 Å². The highest BCUT2D eigenvalue weighted by atomic mass is 32.2. The molecule has 0 unspecified atom stereocenters. The summed E-state index contributed by atoms with van der Waals surface area (Å²) in [6.45, 7) is 1.86. The Hall–Kier alpha value is -2.86. The molecule has 0 radical (unpaired) electrons. The maximum atomic E-state index is 12.7. The molecular weight excluding hydrogens is 418 g/mol. The van der Waals surface area contributed by atoms with E-state index in [0.717, 1.165) is 0 Å². The van der Waals surface area contributed by atoms with E-state index in [1.807, 2.05) is 6.92 Å². The molecule has 5 N–H and O–H groups in total. The molecule has 0 heterocycles. The molecular formula is C18H27N3O8S. The first-order chi connectivity index (χ1) is 14.0. The normalized spacial score (nSPS) is 13.2. The van der Waals surface area contributed by atoms with Crippen molar-refractivity contribution in [3.05, 3.63) is 18.2 Å². The Morgan fingerprint density at radius 1 is 1.13 bits per heavy atom. The number of hydrogen-bond donors (Lipinski definition) is 4. The molecule has 0 spiro atoms. The van der Waals surface area contributed by atoms with E-state index < -0.39 is 46.3 Å². The second-order valence-corrected chi connectivity index (χ2v) is 8.12. The summed E-state index contributed by atoms with van der Waals surface area (Å²) in [4.78, 5) is 35.0. The third-order valence-corrected chi connectivity index (χ3v) is 5.61. The first-order valence-electron chi connectivity index (χ1n) is 9.11. The number of nitrogens with one attached hydrogen (secondary N) is 2. The minimum absolute atomic E-state index is 0.141. The lowest BCUT2D eigenvalue weighted by atomic mass is 10.1. The van der Waals surface area contributed by atoms with Crippen LogP contribution in [0.1, 0.15) is 32.6 Å². The van der Waals surface area contributed by atoms with Gasteiger partial charge in [-0.1, -0.05) is 19.8 Å². The number of hydrogen-bond acceptors (Lipinski definition) is 7. The fourth-order valence-corrected chi connectivity index (χ4v) is 3.78. The number of benzene rings is 1. The number of carbonyl (C=O) groups excluding carboxylic acids is 2. The summed E-state index contributed by atoms with van der Waals surface area (Å²) in [5, 5.41) is 11.5. The van der Waals surface area contributed by atoms with Gasteiger partial charge in [-0.05, 0) is 18.6 Å². The predicted octanol–water partition coefficient (Wildman–Crippen LogP) is -0.0143. The van der Waals surface area contributed by atoms with E-state index >= 15 is 0 Å². The van der Waals surface area contributed by atoms with E-state index in [0.29, 0.717) is 18.6 Å². The van der Waals surface area contributed by atoms with Gasteiger partial charge >= 0.3 is 5.97 Å². The highest BCUT2D eigenvalue weighted by Crippen LogP contribution is 2.29. The van der Waals surface area contributed by atoms with Crippen molar-refractivity contribution in [2.45, 2.75) is 49.6 Å². The third-order valence-electron chi connectivity index (χ3n) is 4.15. The second-order valence-electron chi connectivity index (χ2n) is 6.40. The van der Waals surface area contributed by atoms with Gasteiger partial charge in [-0.15, -0.1) is 0 Å². The summed E-state index contributed by atoms with van der Waals surface area (Å²) in [7, 11) is -1.57. The monoisotopic (exact) mass is 445 g/mol. The highest BCUT2D eigenvalue weighted by molar-refractivity contribution is 7.89. The quantitative estimate of drug-likeness (QED) is 0.328. The van der Waals surface area contributed by atoms with E-state index in [1.165, 1.54) is 32.4 Å². The van der Waals surface area contributed by atoms with Crippen molar-refractivity contribution in [3.63, 3.8) is 0 Å². The number of carboxylic acids is 1. The molecule has 0 fully saturated rings. The number of unbranched alkanes of at least 4 members (excludes halogenated alkanes) is 1. The van der Waals surface area contributed by atoms with Crippen LogP contribution in [0.4, 0.5) is 0 Å². The van der Waals surface area contributed by atoms with Crippen LogP contribution in [0.15, 0.2) is 23.1 Å². The lowest BCUT2D eigenvalue weighted by molar-refractivity contribution is -0.142. The van der Waals surface area contributed by atoms with Crippen molar-refractivity contribution in [3.8, 4) is 11.5 Å². The fraction of sp³-hybridized carbons (Fsp3) is 0.500. The maximum Gasteiger partial charge on any atom is 0.326 e. The predicted molar refractivity (Wildman–Crippen MR) is 107 cm³/mol. The molecule has 1 aromatic carbocycles. The van der Waals surface area contributed by atoms with Crippen LogP contribution in [0, 0.1) is 0 Å². The standard InChI is InChI=1S/C18H27N3O8S/c1-4-5-6-12(18(24)25)20-17(23)13(10-16(19)22)21-30(26,27)11-7-8-14(28-2)15(9-11)29-3/h7-9,12-13,21H,4-6,10H2,1-3H3,(H2,19,22)(H,20,23)(H,24,25)/t12-,13-/m0/s1. The molecule has 168 valence electrons. The Labute approximate surface area is 175 Å². The van der Waals surface area contributed by atoms with Crippen molar-refractivity contribution in [2.75, 3.05) is 14.2 Å². The van der Waals surface area contributed by atoms with Gasteiger partial charge in [-0.25, -0.2) is 13.2 Å². The molecule has 30 heavy (non-hydrogen) atoms. The van der Waals surface area contributed by atoms with Gasteiger partial charge in [-0.2, -0.15) is 4.72 Å². The van der Waals surface area contributed by atoms with Crippen LogP contribution in [0.3, 0.4) is 0 Å². The van der Waals surface area contributed by atoms with Crippen LogP contribution < -0.4 is 25.2 Å². The lowest BCUT2D eigenvalue weighted by Gasteiger charge is -2.21. The molecule has 0 bridgehead atoms. The third kappa shape index (κ3) is 7.19. The zero-order valence-electron chi connectivity index (χ0n) is 17.0.